The summed E-state index contributed by atoms with van der Waals surface area (Å²) >= 11 is 2.24. The van der Waals surface area contributed by atoms with Gasteiger partial charge in [0, 0.05) is 9.26 Å². The zero-order chi connectivity index (χ0) is 13.8. The van der Waals surface area contributed by atoms with Crippen LogP contribution in [0.25, 0.3) is 0 Å². The second kappa shape index (κ2) is 6.19. The number of nitrogens with one attached hydrogen (secondary N) is 1. The van der Waals surface area contributed by atoms with Crippen LogP contribution in [0.3, 0.4) is 0 Å². The fourth-order valence-corrected chi connectivity index (χ4v) is 2.31. The Balaban J connectivity index is 2.05. The molecule has 3 heteroatoms. The maximum atomic E-state index is 12.0. The predicted molar refractivity (Wildman–Crippen MR) is 87.4 cm³/mol. The Kier molecular flexibility index (Phi) is 4.58. The summed E-state index contributed by atoms with van der Waals surface area (Å²) < 4.78 is 1.12. The number of halogens is 1. The van der Waals surface area contributed by atoms with Crippen molar-refractivity contribution in [1.29, 1.82) is 0 Å². The Morgan fingerprint density at radius 1 is 1.11 bits per heavy atom. The molecule has 0 spiro atoms. The Labute approximate surface area is 127 Å². The van der Waals surface area contributed by atoms with Gasteiger partial charge in [0.2, 0.25) is 5.91 Å². The van der Waals surface area contributed by atoms with E-state index >= 15 is 0 Å². The van der Waals surface area contributed by atoms with Gasteiger partial charge in [-0.05, 0) is 59.7 Å². The van der Waals surface area contributed by atoms with Crippen molar-refractivity contribution in [1.82, 2.24) is 0 Å². The van der Waals surface area contributed by atoms with Gasteiger partial charge < -0.3 is 5.32 Å². The van der Waals surface area contributed by atoms with Gasteiger partial charge in [0.25, 0.3) is 0 Å². The summed E-state index contributed by atoms with van der Waals surface area (Å²) in [7, 11) is 0. The van der Waals surface area contributed by atoms with Crippen molar-refractivity contribution in [3.63, 3.8) is 0 Å². The molecular formula is C16H16INO. The van der Waals surface area contributed by atoms with Crippen LogP contribution in [-0.2, 0) is 11.2 Å². The minimum Gasteiger partial charge on any atom is -0.326 e. The van der Waals surface area contributed by atoms with Crippen molar-refractivity contribution in [3.05, 3.63) is 62.7 Å². The summed E-state index contributed by atoms with van der Waals surface area (Å²) in [4.78, 5) is 12.0. The maximum absolute atomic E-state index is 12.0. The lowest BCUT2D eigenvalue weighted by Gasteiger charge is -2.09. The largest absolute Gasteiger partial charge is 0.326 e. The zero-order valence-corrected chi connectivity index (χ0v) is 13.2. The normalized spacial score (nSPS) is 10.3. The molecule has 2 aromatic rings. The molecule has 0 aliphatic heterocycles. The smallest absolute Gasteiger partial charge is 0.228 e. The molecule has 0 fully saturated rings. The van der Waals surface area contributed by atoms with Gasteiger partial charge in [0.15, 0.2) is 0 Å². The third-order valence-electron chi connectivity index (χ3n) is 2.96. The molecule has 1 N–H and O–H groups in total. The van der Waals surface area contributed by atoms with Gasteiger partial charge in [0.1, 0.15) is 0 Å². The van der Waals surface area contributed by atoms with Gasteiger partial charge in [-0.2, -0.15) is 0 Å². The molecule has 1 amide bonds. The Morgan fingerprint density at radius 3 is 2.47 bits per heavy atom. The summed E-state index contributed by atoms with van der Waals surface area (Å²) in [6.45, 7) is 4.04. The average molecular weight is 365 g/mol. The van der Waals surface area contributed by atoms with E-state index in [9.17, 15) is 4.79 Å². The first-order chi connectivity index (χ1) is 9.04. The van der Waals surface area contributed by atoms with Gasteiger partial charge in [-0.25, -0.2) is 0 Å². The highest BCUT2D eigenvalue weighted by molar-refractivity contribution is 14.1. The molecule has 0 aliphatic carbocycles. The number of carbonyl (C=O) groups excluding carboxylic acids is 1. The van der Waals surface area contributed by atoms with Gasteiger partial charge in [0.05, 0.1) is 6.42 Å². The van der Waals surface area contributed by atoms with Crippen LogP contribution in [0.4, 0.5) is 5.69 Å². The maximum Gasteiger partial charge on any atom is 0.228 e. The first kappa shape index (κ1) is 14.1. The molecule has 0 bridgehead atoms. The SMILES string of the molecule is Cc1ccc(CC(=O)Nc2cc(I)ccc2C)cc1. The topological polar surface area (TPSA) is 29.1 Å². The second-order valence-corrected chi connectivity index (χ2v) is 5.92. The molecule has 0 saturated carbocycles. The minimum absolute atomic E-state index is 0.0222. The van der Waals surface area contributed by atoms with E-state index in [0.29, 0.717) is 6.42 Å². The number of carbonyl (C=O) groups is 1. The lowest BCUT2D eigenvalue weighted by atomic mass is 10.1. The molecular weight excluding hydrogens is 349 g/mol. The number of hydrogen-bond acceptors (Lipinski definition) is 1. The summed E-state index contributed by atoms with van der Waals surface area (Å²) in [5.74, 6) is 0.0222. The molecule has 2 aromatic carbocycles. The van der Waals surface area contributed by atoms with Crippen molar-refractivity contribution in [2.24, 2.45) is 0 Å². The molecule has 2 rings (SSSR count). The van der Waals surface area contributed by atoms with Crippen LogP contribution in [0, 0.1) is 17.4 Å². The third-order valence-corrected chi connectivity index (χ3v) is 3.63. The van der Waals surface area contributed by atoms with Crippen molar-refractivity contribution in [3.8, 4) is 0 Å². The van der Waals surface area contributed by atoms with E-state index in [1.54, 1.807) is 0 Å². The fraction of sp³-hybridized carbons (Fsp3) is 0.188. The standard InChI is InChI=1S/C16H16INO/c1-11-3-6-13(7-4-11)9-16(19)18-15-10-14(17)8-5-12(15)2/h3-8,10H,9H2,1-2H3,(H,18,19). The van der Waals surface area contributed by atoms with E-state index in [1.807, 2.05) is 56.3 Å². The highest BCUT2D eigenvalue weighted by Crippen LogP contribution is 2.18. The van der Waals surface area contributed by atoms with Gasteiger partial charge in [-0.1, -0.05) is 35.9 Å². The highest BCUT2D eigenvalue weighted by atomic mass is 127. The van der Waals surface area contributed by atoms with Crippen molar-refractivity contribution < 1.29 is 4.79 Å². The number of amides is 1. The minimum atomic E-state index is 0.0222. The van der Waals surface area contributed by atoms with Gasteiger partial charge in [-0.3, -0.25) is 4.79 Å². The van der Waals surface area contributed by atoms with Crippen LogP contribution < -0.4 is 5.32 Å². The van der Waals surface area contributed by atoms with Crippen molar-refractivity contribution >= 4 is 34.2 Å². The van der Waals surface area contributed by atoms with Crippen LogP contribution in [-0.4, -0.2) is 5.91 Å². The number of hydrogen-bond donors (Lipinski definition) is 1. The van der Waals surface area contributed by atoms with Crippen molar-refractivity contribution in [2.75, 3.05) is 5.32 Å². The lowest BCUT2D eigenvalue weighted by Crippen LogP contribution is -2.15. The Morgan fingerprint density at radius 2 is 1.79 bits per heavy atom. The van der Waals surface area contributed by atoms with Crippen molar-refractivity contribution in [2.45, 2.75) is 20.3 Å². The van der Waals surface area contributed by atoms with Crippen LogP contribution in [0.2, 0.25) is 0 Å². The summed E-state index contributed by atoms with van der Waals surface area (Å²) in [5.41, 5.74) is 4.21. The molecule has 98 valence electrons. The molecule has 0 radical (unpaired) electrons. The molecule has 19 heavy (non-hydrogen) atoms. The van der Waals surface area contributed by atoms with Gasteiger partial charge in [-0.15, -0.1) is 0 Å². The van der Waals surface area contributed by atoms with E-state index in [-0.39, 0.29) is 5.91 Å². The molecule has 0 saturated heterocycles. The average Bonchev–Trinajstić information content (AvgIpc) is 2.37. The first-order valence-electron chi connectivity index (χ1n) is 6.16. The third kappa shape index (κ3) is 4.06. The molecule has 0 heterocycles. The monoisotopic (exact) mass is 365 g/mol. The lowest BCUT2D eigenvalue weighted by molar-refractivity contribution is -0.115. The molecule has 0 aromatic heterocycles. The van der Waals surface area contributed by atoms with Crippen LogP contribution in [0.1, 0.15) is 16.7 Å². The summed E-state index contributed by atoms with van der Waals surface area (Å²) in [5, 5.41) is 2.97. The first-order valence-corrected chi connectivity index (χ1v) is 7.24. The second-order valence-electron chi connectivity index (χ2n) is 4.67. The Hall–Kier alpha value is -1.36. The van der Waals surface area contributed by atoms with Crippen LogP contribution in [0.15, 0.2) is 42.5 Å². The van der Waals surface area contributed by atoms with E-state index in [4.69, 9.17) is 0 Å². The van der Waals surface area contributed by atoms with E-state index < -0.39 is 0 Å². The summed E-state index contributed by atoms with van der Waals surface area (Å²) in [6, 6.07) is 14.1. The number of aryl methyl sites for hydroxylation is 2. The zero-order valence-electron chi connectivity index (χ0n) is 11.0. The van der Waals surface area contributed by atoms with Gasteiger partial charge >= 0.3 is 0 Å². The van der Waals surface area contributed by atoms with E-state index in [0.717, 1.165) is 20.4 Å². The van der Waals surface area contributed by atoms with Crippen LogP contribution >= 0.6 is 22.6 Å². The highest BCUT2D eigenvalue weighted by Gasteiger charge is 2.06. The Bertz CT molecular complexity index is 590. The summed E-state index contributed by atoms with van der Waals surface area (Å²) in [6.07, 6.45) is 0.408. The fourth-order valence-electron chi connectivity index (χ4n) is 1.81. The molecule has 0 aliphatic rings. The van der Waals surface area contributed by atoms with Crippen LogP contribution in [0.5, 0.6) is 0 Å². The van der Waals surface area contributed by atoms with E-state index in [1.165, 1.54) is 5.56 Å². The van der Waals surface area contributed by atoms with E-state index in [2.05, 4.69) is 27.9 Å². The molecule has 2 nitrogen and oxygen atoms in total. The quantitative estimate of drug-likeness (QED) is 0.816. The number of rotatable bonds is 3. The number of benzene rings is 2. The molecule has 0 unspecified atom stereocenters. The number of anilines is 1. The molecule has 0 atom stereocenters. The predicted octanol–water partition coefficient (Wildman–Crippen LogP) is 4.09.